The second kappa shape index (κ2) is 5.29. The van der Waals surface area contributed by atoms with Crippen molar-refractivity contribution in [3.63, 3.8) is 0 Å². The van der Waals surface area contributed by atoms with Gasteiger partial charge in [-0.15, -0.1) is 0 Å². The largest absolute Gasteiger partial charge is 0.206 e. The van der Waals surface area contributed by atoms with E-state index in [2.05, 4.69) is 0 Å². The van der Waals surface area contributed by atoms with Crippen LogP contribution in [0.1, 0.15) is 22.3 Å². The van der Waals surface area contributed by atoms with Crippen LogP contribution in [-0.2, 0) is 0 Å². The first-order valence-corrected chi connectivity index (χ1v) is 5.63. The Bertz CT molecular complexity index is 601. The van der Waals surface area contributed by atoms with E-state index in [0.29, 0.717) is 11.1 Å². The third-order valence-electron chi connectivity index (χ3n) is 2.66. The van der Waals surface area contributed by atoms with E-state index < -0.39 is 0 Å². The molecule has 0 bridgehead atoms. The van der Waals surface area contributed by atoms with Gasteiger partial charge in [0.2, 0.25) is 0 Å². The molecule has 0 aliphatic heterocycles. The van der Waals surface area contributed by atoms with Gasteiger partial charge in [-0.3, -0.25) is 0 Å². The summed E-state index contributed by atoms with van der Waals surface area (Å²) in [7, 11) is 0. The summed E-state index contributed by atoms with van der Waals surface area (Å²) in [5.74, 6) is -0.302. The predicted molar refractivity (Wildman–Crippen MR) is 71.3 cm³/mol. The van der Waals surface area contributed by atoms with Crippen LogP contribution in [-0.4, -0.2) is 0 Å². The standard InChI is InChI=1S/C16H12FN/c1-12-2-4-13(5-3-12)10-16(17)15-8-6-14(11-18)7-9-15/h2-10H,1H3/b16-10-. The van der Waals surface area contributed by atoms with Crippen molar-refractivity contribution < 1.29 is 4.39 Å². The summed E-state index contributed by atoms with van der Waals surface area (Å²) in [4.78, 5) is 0. The maximum absolute atomic E-state index is 13.9. The van der Waals surface area contributed by atoms with E-state index >= 15 is 0 Å². The van der Waals surface area contributed by atoms with Crippen LogP contribution in [0.2, 0.25) is 0 Å². The Balaban J connectivity index is 2.27. The Morgan fingerprint density at radius 2 is 1.67 bits per heavy atom. The van der Waals surface area contributed by atoms with Crippen molar-refractivity contribution in [2.24, 2.45) is 0 Å². The summed E-state index contributed by atoms with van der Waals surface area (Å²) >= 11 is 0. The zero-order chi connectivity index (χ0) is 13.0. The average Bonchev–Trinajstić information content (AvgIpc) is 2.41. The lowest BCUT2D eigenvalue weighted by Gasteiger charge is -1.99. The van der Waals surface area contributed by atoms with E-state index in [9.17, 15) is 4.39 Å². The molecule has 0 N–H and O–H groups in total. The molecule has 0 amide bonds. The molecule has 0 saturated heterocycles. The molecule has 88 valence electrons. The van der Waals surface area contributed by atoms with E-state index in [1.54, 1.807) is 24.3 Å². The van der Waals surface area contributed by atoms with Gasteiger partial charge in [0.05, 0.1) is 11.6 Å². The van der Waals surface area contributed by atoms with E-state index in [4.69, 9.17) is 5.26 Å². The lowest BCUT2D eigenvalue weighted by Crippen LogP contribution is -1.81. The predicted octanol–water partition coefficient (Wildman–Crippen LogP) is 4.33. The highest BCUT2D eigenvalue weighted by atomic mass is 19.1. The number of aryl methyl sites for hydroxylation is 1. The van der Waals surface area contributed by atoms with Gasteiger partial charge >= 0.3 is 0 Å². The highest BCUT2D eigenvalue weighted by Crippen LogP contribution is 2.20. The molecule has 0 unspecified atom stereocenters. The molecular formula is C16H12FN. The minimum atomic E-state index is -0.302. The van der Waals surface area contributed by atoms with Gasteiger partial charge in [-0.2, -0.15) is 5.26 Å². The van der Waals surface area contributed by atoms with Gasteiger partial charge in [-0.25, -0.2) is 4.39 Å². The Morgan fingerprint density at radius 1 is 1.06 bits per heavy atom. The van der Waals surface area contributed by atoms with Crippen molar-refractivity contribution in [1.29, 1.82) is 5.26 Å². The van der Waals surface area contributed by atoms with Crippen LogP contribution in [0.3, 0.4) is 0 Å². The fraction of sp³-hybridized carbons (Fsp3) is 0.0625. The third-order valence-corrected chi connectivity index (χ3v) is 2.66. The van der Waals surface area contributed by atoms with Crippen molar-refractivity contribution in [2.45, 2.75) is 6.92 Å². The topological polar surface area (TPSA) is 23.8 Å². The summed E-state index contributed by atoms with van der Waals surface area (Å²) in [5, 5.41) is 8.67. The fourth-order valence-electron chi connectivity index (χ4n) is 1.60. The molecular weight excluding hydrogens is 225 g/mol. The molecule has 2 aromatic rings. The van der Waals surface area contributed by atoms with Gasteiger partial charge < -0.3 is 0 Å². The number of nitrogens with zero attached hydrogens (tertiary/aromatic N) is 1. The zero-order valence-electron chi connectivity index (χ0n) is 10.0. The molecule has 18 heavy (non-hydrogen) atoms. The Labute approximate surface area is 106 Å². The summed E-state index contributed by atoms with van der Waals surface area (Å²) in [6.07, 6.45) is 1.49. The number of hydrogen-bond donors (Lipinski definition) is 0. The van der Waals surface area contributed by atoms with Crippen molar-refractivity contribution in [1.82, 2.24) is 0 Å². The molecule has 0 heterocycles. The van der Waals surface area contributed by atoms with Gasteiger partial charge in [-0.05, 0) is 30.7 Å². The number of halogens is 1. The van der Waals surface area contributed by atoms with Crippen LogP contribution in [0.4, 0.5) is 4.39 Å². The summed E-state index contributed by atoms with van der Waals surface area (Å²) in [6.45, 7) is 1.99. The minimum absolute atomic E-state index is 0.302. The lowest BCUT2D eigenvalue weighted by atomic mass is 10.1. The molecule has 0 fully saturated rings. The number of benzene rings is 2. The third kappa shape index (κ3) is 2.83. The molecule has 2 heteroatoms. The van der Waals surface area contributed by atoms with Crippen molar-refractivity contribution >= 4 is 11.9 Å². The van der Waals surface area contributed by atoms with Crippen LogP contribution in [0.25, 0.3) is 11.9 Å². The Kier molecular flexibility index (Phi) is 3.54. The maximum atomic E-state index is 13.9. The molecule has 0 aliphatic carbocycles. The van der Waals surface area contributed by atoms with Crippen LogP contribution in [0.15, 0.2) is 48.5 Å². The molecule has 0 aliphatic rings. The Hall–Kier alpha value is -2.40. The first-order chi connectivity index (χ1) is 8.69. The lowest BCUT2D eigenvalue weighted by molar-refractivity contribution is 0.765. The van der Waals surface area contributed by atoms with E-state index in [1.165, 1.54) is 6.08 Å². The summed E-state index contributed by atoms with van der Waals surface area (Å²) < 4.78 is 13.9. The number of nitriles is 1. The van der Waals surface area contributed by atoms with Crippen molar-refractivity contribution in [2.75, 3.05) is 0 Å². The highest BCUT2D eigenvalue weighted by Gasteiger charge is 2.00. The molecule has 2 aromatic carbocycles. The van der Waals surface area contributed by atoms with Gasteiger partial charge in [0, 0.05) is 5.56 Å². The van der Waals surface area contributed by atoms with Crippen LogP contribution in [0.5, 0.6) is 0 Å². The first kappa shape index (κ1) is 12.1. The number of rotatable bonds is 2. The molecule has 2 rings (SSSR count). The van der Waals surface area contributed by atoms with Gasteiger partial charge in [0.1, 0.15) is 5.83 Å². The van der Waals surface area contributed by atoms with Crippen LogP contribution < -0.4 is 0 Å². The van der Waals surface area contributed by atoms with E-state index in [-0.39, 0.29) is 5.83 Å². The fourth-order valence-corrected chi connectivity index (χ4v) is 1.60. The van der Waals surface area contributed by atoms with E-state index in [0.717, 1.165) is 11.1 Å². The van der Waals surface area contributed by atoms with Gasteiger partial charge in [0.15, 0.2) is 0 Å². The average molecular weight is 237 g/mol. The minimum Gasteiger partial charge on any atom is -0.206 e. The van der Waals surface area contributed by atoms with Crippen LogP contribution >= 0.6 is 0 Å². The second-order valence-corrected chi connectivity index (χ2v) is 4.09. The molecule has 1 nitrogen and oxygen atoms in total. The van der Waals surface area contributed by atoms with Crippen molar-refractivity contribution in [3.8, 4) is 6.07 Å². The maximum Gasteiger partial charge on any atom is 0.131 e. The highest BCUT2D eigenvalue weighted by molar-refractivity contribution is 5.76. The van der Waals surface area contributed by atoms with Crippen molar-refractivity contribution in [3.05, 3.63) is 70.8 Å². The quantitative estimate of drug-likeness (QED) is 0.713. The van der Waals surface area contributed by atoms with Crippen LogP contribution in [0, 0.1) is 18.3 Å². The van der Waals surface area contributed by atoms with Gasteiger partial charge in [0.25, 0.3) is 0 Å². The van der Waals surface area contributed by atoms with Gasteiger partial charge in [-0.1, -0.05) is 42.0 Å². The Morgan fingerprint density at radius 3 is 2.22 bits per heavy atom. The molecule has 0 saturated carbocycles. The summed E-state index contributed by atoms with van der Waals surface area (Å²) in [5.41, 5.74) is 2.98. The van der Waals surface area contributed by atoms with E-state index in [1.807, 2.05) is 37.3 Å². The summed E-state index contributed by atoms with van der Waals surface area (Å²) in [6, 6.07) is 16.1. The second-order valence-electron chi connectivity index (χ2n) is 4.09. The normalized spacial score (nSPS) is 11.1. The molecule has 0 atom stereocenters. The first-order valence-electron chi connectivity index (χ1n) is 5.63. The SMILES string of the molecule is Cc1ccc(/C=C(\F)c2ccc(C#N)cc2)cc1. The monoisotopic (exact) mass is 237 g/mol. The molecule has 0 spiro atoms. The smallest absolute Gasteiger partial charge is 0.131 e. The molecule has 0 aromatic heterocycles. The number of hydrogen-bond acceptors (Lipinski definition) is 1. The zero-order valence-corrected chi connectivity index (χ0v) is 10.0. The molecule has 0 radical (unpaired) electrons.